The van der Waals surface area contributed by atoms with Crippen molar-refractivity contribution in [2.45, 2.75) is 47.0 Å². The highest BCUT2D eigenvalue weighted by molar-refractivity contribution is 6.11. The average Bonchev–Trinajstić information content (AvgIpc) is 3.69. The van der Waals surface area contributed by atoms with Crippen LogP contribution in [0.1, 0.15) is 55.9 Å². The zero-order valence-electron chi connectivity index (χ0n) is 40.8. The Labute approximate surface area is 414 Å². The van der Waals surface area contributed by atoms with Crippen molar-refractivity contribution >= 4 is 43.6 Å². The summed E-state index contributed by atoms with van der Waals surface area (Å²) in [6.07, 6.45) is 0. The van der Waals surface area contributed by atoms with Gasteiger partial charge in [-0.05, 0) is 156 Å². The maximum Gasteiger partial charge on any atom is 0.0978 e. The lowest BCUT2D eigenvalue weighted by Gasteiger charge is -2.36. The van der Waals surface area contributed by atoms with Crippen molar-refractivity contribution in [2.24, 2.45) is 0 Å². The second-order valence-electron chi connectivity index (χ2n) is 19.6. The molecule has 0 fully saturated rings. The van der Waals surface area contributed by atoms with E-state index < -0.39 is 5.41 Å². The van der Waals surface area contributed by atoms with Crippen LogP contribution in [0.25, 0.3) is 99.5 Å². The second kappa shape index (κ2) is 16.3. The minimum atomic E-state index is -0.610. The number of nitrogens with zero attached hydrogens (tertiary/aromatic N) is 4. The van der Waals surface area contributed by atoms with E-state index >= 15 is 0 Å². The van der Waals surface area contributed by atoms with Crippen molar-refractivity contribution in [1.82, 2.24) is 19.9 Å². The molecule has 0 aliphatic heterocycles. The van der Waals surface area contributed by atoms with Crippen molar-refractivity contribution < 1.29 is 0 Å². The van der Waals surface area contributed by atoms with E-state index in [0.717, 1.165) is 99.8 Å². The SMILES string of the molecule is Cc1cc(C)c2ccc3c(-c4ccccc4)cc(-c4ccc(C5(c6ccc(-c7cc(-c8ccccc8)c8ccc9c(C)cc(C)nc9c8n7)cc6C)c6ccccc6-c6ccccc65)c(C)c4)nc3c2n1. The molecule has 0 unspecified atom stereocenters. The molecule has 4 heteroatoms. The Kier molecular flexibility index (Phi) is 9.73. The Morgan fingerprint density at radius 2 is 0.648 bits per heavy atom. The Balaban J connectivity index is 1.02. The molecule has 12 aromatic rings. The van der Waals surface area contributed by atoms with Gasteiger partial charge in [0.05, 0.1) is 38.9 Å². The molecule has 8 aromatic carbocycles. The predicted octanol–water partition coefficient (Wildman–Crippen LogP) is 16.8. The van der Waals surface area contributed by atoms with Gasteiger partial charge in [-0.15, -0.1) is 0 Å². The van der Waals surface area contributed by atoms with Gasteiger partial charge in [-0.1, -0.05) is 158 Å². The molecule has 0 amide bonds. The van der Waals surface area contributed by atoms with Crippen LogP contribution in [0.2, 0.25) is 0 Å². The van der Waals surface area contributed by atoms with Gasteiger partial charge in [0, 0.05) is 44.1 Å². The zero-order valence-corrected chi connectivity index (χ0v) is 40.8. The fourth-order valence-electron chi connectivity index (χ4n) is 12.1. The van der Waals surface area contributed by atoms with Gasteiger partial charge in [-0.3, -0.25) is 9.97 Å². The number of rotatable bonds is 6. The Bertz CT molecular complexity index is 3900. The Hall–Kier alpha value is -8.60. The van der Waals surface area contributed by atoms with E-state index in [2.05, 4.69) is 236 Å². The number of benzene rings is 8. The van der Waals surface area contributed by atoms with Gasteiger partial charge < -0.3 is 0 Å². The summed E-state index contributed by atoms with van der Waals surface area (Å²) in [6, 6.07) is 71.1. The van der Waals surface area contributed by atoms with Crippen molar-refractivity contribution in [3.05, 3.63) is 250 Å². The van der Waals surface area contributed by atoms with E-state index in [-0.39, 0.29) is 0 Å². The van der Waals surface area contributed by atoms with E-state index in [4.69, 9.17) is 19.9 Å². The van der Waals surface area contributed by atoms with Crippen LogP contribution in [-0.2, 0) is 5.41 Å². The molecule has 0 saturated heterocycles. The predicted molar refractivity (Wildman–Crippen MR) is 295 cm³/mol. The van der Waals surface area contributed by atoms with Gasteiger partial charge in [0.25, 0.3) is 0 Å². The smallest absolute Gasteiger partial charge is 0.0978 e. The summed E-state index contributed by atoms with van der Waals surface area (Å²) >= 11 is 0. The van der Waals surface area contributed by atoms with Crippen molar-refractivity contribution in [3.63, 3.8) is 0 Å². The maximum absolute atomic E-state index is 5.51. The summed E-state index contributed by atoms with van der Waals surface area (Å²) in [4.78, 5) is 21.3. The van der Waals surface area contributed by atoms with Gasteiger partial charge >= 0.3 is 0 Å². The third-order valence-electron chi connectivity index (χ3n) is 15.2. The normalized spacial score (nSPS) is 12.8. The lowest BCUT2D eigenvalue weighted by atomic mass is 9.65. The molecule has 1 aliphatic rings. The molecule has 0 radical (unpaired) electrons. The fraction of sp³-hybridized carbons (Fsp3) is 0.104. The minimum absolute atomic E-state index is 0.610. The molecule has 338 valence electrons. The van der Waals surface area contributed by atoms with Crippen LogP contribution in [0.3, 0.4) is 0 Å². The number of pyridine rings is 4. The first-order valence-corrected chi connectivity index (χ1v) is 24.6. The second-order valence-corrected chi connectivity index (χ2v) is 19.6. The topological polar surface area (TPSA) is 51.6 Å². The van der Waals surface area contributed by atoms with E-state index in [1.807, 2.05) is 0 Å². The van der Waals surface area contributed by atoms with Gasteiger partial charge in [-0.2, -0.15) is 0 Å². The van der Waals surface area contributed by atoms with Crippen LogP contribution in [0, 0.1) is 41.5 Å². The van der Waals surface area contributed by atoms with E-state index in [1.165, 1.54) is 55.6 Å². The first-order chi connectivity index (χ1) is 34.6. The molecule has 1 aliphatic carbocycles. The van der Waals surface area contributed by atoms with Gasteiger partial charge in [0.2, 0.25) is 0 Å². The lowest BCUT2D eigenvalue weighted by Crippen LogP contribution is -2.30. The summed E-state index contributed by atoms with van der Waals surface area (Å²) in [5, 5.41) is 4.45. The molecule has 4 heterocycles. The molecule has 0 spiro atoms. The van der Waals surface area contributed by atoms with Crippen molar-refractivity contribution in [1.29, 1.82) is 0 Å². The maximum atomic E-state index is 5.51. The molecule has 0 atom stereocenters. The average molecular weight is 911 g/mol. The Morgan fingerprint density at radius 1 is 0.268 bits per heavy atom. The highest BCUT2D eigenvalue weighted by Crippen LogP contribution is 2.58. The summed E-state index contributed by atoms with van der Waals surface area (Å²) in [7, 11) is 0. The van der Waals surface area contributed by atoms with E-state index in [1.54, 1.807) is 0 Å². The van der Waals surface area contributed by atoms with Crippen molar-refractivity contribution in [2.75, 3.05) is 0 Å². The highest BCUT2D eigenvalue weighted by atomic mass is 14.8. The van der Waals surface area contributed by atoms with Crippen LogP contribution in [0.5, 0.6) is 0 Å². The number of aromatic nitrogens is 4. The fourth-order valence-corrected chi connectivity index (χ4v) is 12.1. The summed E-state index contributed by atoms with van der Waals surface area (Å²) < 4.78 is 0. The largest absolute Gasteiger partial charge is 0.251 e. The van der Waals surface area contributed by atoms with Crippen LogP contribution < -0.4 is 0 Å². The molecule has 0 saturated carbocycles. The summed E-state index contributed by atoms with van der Waals surface area (Å²) in [5.74, 6) is 0. The first kappa shape index (κ1) is 42.5. The third kappa shape index (κ3) is 6.58. The Morgan fingerprint density at radius 3 is 1.07 bits per heavy atom. The van der Waals surface area contributed by atoms with Gasteiger partial charge in [0.1, 0.15) is 0 Å². The number of hydrogen-bond donors (Lipinski definition) is 0. The molecule has 0 bridgehead atoms. The van der Waals surface area contributed by atoms with Gasteiger partial charge in [0.15, 0.2) is 0 Å². The van der Waals surface area contributed by atoms with Gasteiger partial charge in [-0.25, -0.2) is 9.97 Å². The van der Waals surface area contributed by atoms with Crippen LogP contribution in [-0.4, -0.2) is 19.9 Å². The monoisotopic (exact) mass is 910 g/mol. The zero-order chi connectivity index (χ0) is 48.1. The number of aryl methyl sites for hydroxylation is 6. The summed E-state index contributed by atoms with van der Waals surface area (Å²) in [5.41, 5.74) is 26.0. The van der Waals surface area contributed by atoms with Crippen LogP contribution >= 0.6 is 0 Å². The minimum Gasteiger partial charge on any atom is -0.251 e. The van der Waals surface area contributed by atoms with E-state index in [0.29, 0.717) is 0 Å². The number of hydrogen-bond acceptors (Lipinski definition) is 4. The molecular weight excluding hydrogens is 861 g/mol. The van der Waals surface area contributed by atoms with E-state index in [9.17, 15) is 0 Å². The quantitative estimate of drug-likeness (QED) is 0.156. The first-order valence-electron chi connectivity index (χ1n) is 24.6. The lowest BCUT2D eigenvalue weighted by molar-refractivity contribution is 0.754. The molecule has 4 aromatic heterocycles. The van der Waals surface area contributed by atoms with Crippen molar-refractivity contribution in [3.8, 4) is 55.9 Å². The summed E-state index contributed by atoms with van der Waals surface area (Å²) in [6.45, 7) is 13.0. The molecule has 0 N–H and O–H groups in total. The third-order valence-corrected chi connectivity index (χ3v) is 15.2. The molecular formula is C67H50N4. The van der Waals surface area contributed by atoms with Crippen LogP contribution in [0.15, 0.2) is 194 Å². The van der Waals surface area contributed by atoms with Crippen LogP contribution in [0.4, 0.5) is 0 Å². The number of fused-ring (bicyclic) bond motifs is 9. The molecule has 71 heavy (non-hydrogen) atoms. The highest BCUT2D eigenvalue weighted by Gasteiger charge is 2.47. The standard InChI is InChI=1S/C67H50N4/c1-39-33-43(5)68-63-49(39)27-29-53-55(45-17-9-7-10-18-45)37-61(70-65(53)63)47-25-31-57(41(3)35-47)67(59-23-15-13-21-51(59)52-22-14-16-24-60(52)67)58-32-26-48(36-42(58)4)62-38-56(46-19-11-8-12-20-46)54-30-28-50-40(2)34-44(6)69-64(50)66(54)71-62/h7-38H,1-6H3. The molecule has 4 nitrogen and oxygen atoms in total. The molecule has 13 rings (SSSR count).